The number of carbonyl (C=O) groups is 1. The average Bonchev–Trinajstić information content (AvgIpc) is 2.96. The summed E-state index contributed by atoms with van der Waals surface area (Å²) in [5.41, 5.74) is 3.25. The van der Waals surface area contributed by atoms with Crippen LogP contribution in [0.4, 0.5) is 0 Å². The van der Waals surface area contributed by atoms with Crippen molar-refractivity contribution in [3.8, 4) is 0 Å². The molecular weight excluding hydrogens is 298 g/mol. The third kappa shape index (κ3) is 3.48. The summed E-state index contributed by atoms with van der Waals surface area (Å²) in [6.07, 6.45) is 1.90. The number of nitrogens with zero attached hydrogens (tertiary/aromatic N) is 2. The molecule has 1 atom stereocenters. The monoisotopic (exact) mass is 321 g/mol. The van der Waals surface area contributed by atoms with Crippen molar-refractivity contribution in [2.75, 3.05) is 6.54 Å². The highest BCUT2D eigenvalue weighted by Gasteiger charge is 2.18. The van der Waals surface area contributed by atoms with Gasteiger partial charge in [0.15, 0.2) is 0 Å². The summed E-state index contributed by atoms with van der Waals surface area (Å²) >= 11 is 0. The molecule has 0 saturated carbocycles. The summed E-state index contributed by atoms with van der Waals surface area (Å²) in [5.74, 6) is 0.0105. The van der Waals surface area contributed by atoms with E-state index in [2.05, 4.69) is 22.5 Å². The zero-order chi connectivity index (χ0) is 16.9. The molecule has 1 heterocycles. The molecular formula is C20H23N3O. The van der Waals surface area contributed by atoms with E-state index in [0.29, 0.717) is 6.54 Å². The molecule has 1 unspecified atom stereocenters. The highest BCUT2D eigenvalue weighted by atomic mass is 16.2. The largest absolute Gasteiger partial charge is 0.354 e. The third-order valence-electron chi connectivity index (χ3n) is 4.33. The van der Waals surface area contributed by atoms with E-state index in [9.17, 15) is 4.79 Å². The van der Waals surface area contributed by atoms with Gasteiger partial charge in [0.1, 0.15) is 6.04 Å². The third-order valence-corrected chi connectivity index (χ3v) is 4.33. The van der Waals surface area contributed by atoms with Crippen molar-refractivity contribution in [1.82, 2.24) is 15.1 Å². The molecule has 4 heteroatoms. The van der Waals surface area contributed by atoms with E-state index < -0.39 is 0 Å². The fourth-order valence-electron chi connectivity index (χ4n) is 2.95. The molecule has 1 amide bonds. The Balaban J connectivity index is 1.58. The molecule has 0 fully saturated rings. The van der Waals surface area contributed by atoms with Gasteiger partial charge in [0.2, 0.25) is 5.91 Å². The van der Waals surface area contributed by atoms with E-state index in [1.807, 2.05) is 61.0 Å². The van der Waals surface area contributed by atoms with E-state index in [-0.39, 0.29) is 11.9 Å². The van der Waals surface area contributed by atoms with Crippen LogP contribution in [0.15, 0.2) is 54.6 Å². The molecule has 0 saturated heterocycles. The molecule has 0 radical (unpaired) electrons. The Kier molecular flexibility index (Phi) is 4.94. The number of amides is 1. The number of para-hydroxylation sites is 1. The summed E-state index contributed by atoms with van der Waals surface area (Å²) in [5, 5.41) is 8.67. The Morgan fingerprint density at radius 2 is 1.83 bits per heavy atom. The molecule has 0 bridgehead atoms. The van der Waals surface area contributed by atoms with Crippen molar-refractivity contribution in [3.63, 3.8) is 0 Å². The molecule has 124 valence electrons. The Hall–Kier alpha value is -2.62. The number of hydrogen-bond donors (Lipinski definition) is 1. The van der Waals surface area contributed by atoms with Gasteiger partial charge in [0.25, 0.3) is 0 Å². The maximum atomic E-state index is 12.4. The lowest BCUT2D eigenvalue weighted by Gasteiger charge is -2.14. The zero-order valence-corrected chi connectivity index (χ0v) is 14.2. The zero-order valence-electron chi connectivity index (χ0n) is 14.2. The number of carbonyl (C=O) groups excluding carboxylic acids is 1. The lowest BCUT2D eigenvalue weighted by molar-refractivity contribution is -0.124. The van der Waals surface area contributed by atoms with Crippen molar-refractivity contribution in [2.45, 2.75) is 32.7 Å². The van der Waals surface area contributed by atoms with E-state index in [1.54, 1.807) is 0 Å². The van der Waals surface area contributed by atoms with Gasteiger partial charge in [-0.25, -0.2) is 0 Å². The molecule has 1 N–H and O–H groups in total. The van der Waals surface area contributed by atoms with Gasteiger partial charge < -0.3 is 5.32 Å². The highest BCUT2D eigenvalue weighted by molar-refractivity contribution is 5.86. The summed E-state index contributed by atoms with van der Waals surface area (Å²) in [6, 6.07) is 18.0. The highest BCUT2D eigenvalue weighted by Crippen LogP contribution is 2.21. The Morgan fingerprint density at radius 1 is 1.12 bits per heavy atom. The fraction of sp³-hybridized carbons (Fsp3) is 0.300. The molecule has 0 aliphatic rings. The van der Waals surface area contributed by atoms with Crippen LogP contribution in [0, 0.1) is 6.92 Å². The topological polar surface area (TPSA) is 46.9 Å². The second-order valence-corrected chi connectivity index (χ2v) is 6.10. The first-order chi connectivity index (χ1) is 11.7. The van der Waals surface area contributed by atoms with Crippen molar-refractivity contribution >= 4 is 16.8 Å². The van der Waals surface area contributed by atoms with E-state index in [0.717, 1.165) is 29.4 Å². The van der Waals surface area contributed by atoms with Crippen LogP contribution < -0.4 is 5.32 Å². The van der Waals surface area contributed by atoms with Crippen LogP contribution in [0.25, 0.3) is 10.9 Å². The van der Waals surface area contributed by atoms with Gasteiger partial charge in [-0.3, -0.25) is 9.48 Å². The minimum atomic E-state index is -0.319. The molecule has 1 aromatic heterocycles. The van der Waals surface area contributed by atoms with Crippen LogP contribution in [0.3, 0.4) is 0 Å². The summed E-state index contributed by atoms with van der Waals surface area (Å²) in [4.78, 5) is 12.4. The molecule has 0 aliphatic heterocycles. The van der Waals surface area contributed by atoms with E-state index in [4.69, 9.17) is 0 Å². The lowest BCUT2D eigenvalue weighted by Crippen LogP contribution is -2.32. The average molecular weight is 321 g/mol. The quantitative estimate of drug-likeness (QED) is 0.704. The number of hydrogen-bond acceptors (Lipinski definition) is 2. The predicted octanol–water partition coefficient (Wildman–Crippen LogP) is 3.65. The number of fused-ring (bicyclic) bond motifs is 1. The van der Waals surface area contributed by atoms with Crippen LogP contribution in [0.1, 0.15) is 30.6 Å². The van der Waals surface area contributed by atoms with Gasteiger partial charge in [0, 0.05) is 11.9 Å². The number of aryl methyl sites for hydroxylation is 2. The van der Waals surface area contributed by atoms with Gasteiger partial charge in [0.05, 0.1) is 11.2 Å². The number of nitrogens with one attached hydrogen (secondary N) is 1. The minimum absolute atomic E-state index is 0.0105. The molecule has 3 rings (SSSR count). The number of benzene rings is 2. The lowest BCUT2D eigenvalue weighted by atomic mass is 10.1. The second-order valence-electron chi connectivity index (χ2n) is 6.10. The van der Waals surface area contributed by atoms with Crippen molar-refractivity contribution in [1.29, 1.82) is 0 Å². The maximum absolute atomic E-state index is 12.4. The first-order valence-electron chi connectivity index (χ1n) is 8.42. The van der Waals surface area contributed by atoms with Crippen LogP contribution >= 0.6 is 0 Å². The Labute approximate surface area is 142 Å². The van der Waals surface area contributed by atoms with Crippen LogP contribution in [0.5, 0.6) is 0 Å². The normalized spacial score (nSPS) is 12.2. The molecule has 2 aromatic carbocycles. The molecule has 0 spiro atoms. The van der Waals surface area contributed by atoms with Crippen LogP contribution in [-0.2, 0) is 11.2 Å². The molecule has 0 aliphatic carbocycles. The van der Waals surface area contributed by atoms with Gasteiger partial charge >= 0.3 is 0 Å². The van der Waals surface area contributed by atoms with Gasteiger partial charge in [-0.05, 0) is 38.3 Å². The molecule has 3 aromatic rings. The minimum Gasteiger partial charge on any atom is -0.354 e. The summed E-state index contributed by atoms with van der Waals surface area (Å²) < 4.78 is 1.82. The Bertz CT molecular complexity index is 823. The van der Waals surface area contributed by atoms with Crippen molar-refractivity contribution < 1.29 is 4.79 Å². The van der Waals surface area contributed by atoms with E-state index in [1.165, 1.54) is 5.56 Å². The Morgan fingerprint density at radius 3 is 2.62 bits per heavy atom. The van der Waals surface area contributed by atoms with Gasteiger partial charge in [-0.1, -0.05) is 48.5 Å². The number of aromatic nitrogens is 2. The first kappa shape index (κ1) is 16.2. The van der Waals surface area contributed by atoms with Crippen molar-refractivity contribution in [2.24, 2.45) is 0 Å². The second kappa shape index (κ2) is 7.30. The van der Waals surface area contributed by atoms with E-state index >= 15 is 0 Å². The SMILES string of the molecule is Cc1nn(C(C)C(=O)NCCCc2ccccc2)c2ccccc12. The molecule has 4 nitrogen and oxygen atoms in total. The summed E-state index contributed by atoms with van der Waals surface area (Å²) in [7, 11) is 0. The standard InChI is InChI=1S/C20H23N3O/c1-15-18-12-6-7-13-19(18)23(22-15)16(2)20(24)21-14-8-11-17-9-4-3-5-10-17/h3-7,9-10,12-13,16H,8,11,14H2,1-2H3,(H,21,24). The number of rotatable bonds is 6. The van der Waals surface area contributed by atoms with Crippen LogP contribution in [-0.4, -0.2) is 22.2 Å². The van der Waals surface area contributed by atoms with Gasteiger partial charge in [-0.2, -0.15) is 5.10 Å². The predicted molar refractivity (Wildman–Crippen MR) is 97.0 cm³/mol. The fourth-order valence-corrected chi connectivity index (χ4v) is 2.95. The first-order valence-corrected chi connectivity index (χ1v) is 8.42. The molecule has 24 heavy (non-hydrogen) atoms. The van der Waals surface area contributed by atoms with Crippen molar-refractivity contribution in [3.05, 3.63) is 65.9 Å². The smallest absolute Gasteiger partial charge is 0.244 e. The van der Waals surface area contributed by atoms with Crippen LogP contribution in [0.2, 0.25) is 0 Å². The summed E-state index contributed by atoms with van der Waals surface area (Å²) in [6.45, 7) is 4.55. The van der Waals surface area contributed by atoms with Gasteiger partial charge in [-0.15, -0.1) is 0 Å². The maximum Gasteiger partial charge on any atom is 0.244 e.